The minimum absolute atomic E-state index is 0.247. The molecule has 646 valence electrons. The SMILES string of the molecule is CC(C)(C)c1ccc(N2c3cc(N4c5ccccc5C(C)(C)c5ccccc54)ccc3B3c4ccc(N5c6ccccc6C(C)(C)c6ccccc65)cc4N(c4ccc(C(C)(C)C)cc4-c4ccc5c(c4)-c4ccccc4C54c5ccccc5-c5ccccc54)c4cc(-c5ccc6oc7ccccc7c6c5)cc2c43)c(-c2ccc3c(c2)-c2ccccc2C32c3ccccc3-c3ccccc32)c1. The Morgan fingerprint density at radius 2 is 0.537 bits per heavy atom. The van der Waals surface area contributed by atoms with Gasteiger partial charge in [-0.2, -0.15) is 0 Å². The minimum Gasteiger partial charge on any atom is -0.456 e. The molecule has 0 fully saturated rings. The Morgan fingerprint density at radius 3 is 0.919 bits per heavy atom. The third-order valence-electron chi connectivity index (χ3n) is 32.4. The Balaban J connectivity index is 0.757. The lowest BCUT2D eigenvalue weighted by Gasteiger charge is -2.47. The normalized spacial score (nSPS) is 15.3. The smallest absolute Gasteiger partial charge is 0.252 e. The maximum Gasteiger partial charge on any atom is 0.252 e. The highest BCUT2D eigenvalue weighted by Gasteiger charge is 2.55. The van der Waals surface area contributed by atoms with Crippen LogP contribution in [0.5, 0.6) is 0 Å². The zero-order chi connectivity index (χ0) is 91.1. The Bertz CT molecular complexity index is 8020. The van der Waals surface area contributed by atoms with Gasteiger partial charge in [-0.25, -0.2) is 0 Å². The molecule has 0 N–H and O–H groups in total. The van der Waals surface area contributed by atoms with Crippen LogP contribution in [-0.4, -0.2) is 6.71 Å². The van der Waals surface area contributed by atoms with Crippen molar-refractivity contribution in [2.24, 2.45) is 0 Å². The summed E-state index contributed by atoms with van der Waals surface area (Å²) in [6.07, 6.45) is 0. The van der Waals surface area contributed by atoms with Crippen LogP contribution in [0.4, 0.5) is 68.2 Å². The quantitative estimate of drug-likeness (QED) is 0.148. The first kappa shape index (κ1) is 78.9. The van der Waals surface area contributed by atoms with Gasteiger partial charge in [-0.15, -0.1) is 0 Å². The van der Waals surface area contributed by atoms with Crippen LogP contribution in [-0.2, 0) is 32.5 Å². The molecule has 0 bridgehead atoms. The van der Waals surface area contributed by atoms with Crippen molar-refractivity contribution in [2.45, 2.75) is 102 Å². The molecule has 0 amide bonds. The van der Waals surface area contributed by atoms with Gasteiger partial charge in [0.05, 0.1) is 45.0 Å². The third kappa shape index (κ3) is 10.6. The maximum absolute atomic E-state index is 6.83. The predicted octanol–water partition coefficient (Wildman–Crippen LogP) is 32.2. The van der Waals surface area contributed by atoms with Crippen LogP contribution in [0.2, 0.25) is 0 Å². The van der Waals surface area contributed by atoms with Crippen molar-refractivity contribution in [3.05, 3.63) is 484 Å². The van der Waals surface area contributed by atoms with E-state index in [9.17, 15) is 0 Å². The number of anilines is 12. The van der Waals surface area contributed by atoms with E-state index >= 15 is 0 Å². The second-order valence-corrected chi connectivity index (χ2v) is 42.1. The Kier molecular flexibility index (Phi) is 16.2. The van der Waals surface area contributed by atoms with Crippen LogP contribution < -0.4 is 36.0 Å². The number of hydrogen-bond donors (Lipinski definition) is 0. The van der Waals surface area contributed by atoms with Gasteiger partial charge in [-0.1, -0.05) is 360 Å². The van der Waals surface area contributed by atoms with Gasteiger partial charge in [0.15, 0.2) is 0 Å². The largest absolute Gasteiger partial charge is 0.456 e. The van der Waals surface area contributed by atoms with E-state index in [0.29, 0.717) is 0 Å². The predicted molar refractivity (Wildman–Crippen MR) is 568 cm³/mol. The molecule has 0 unspecified atom stereocenters. The van der Waals surface area contributed by atoms with Crippen molar-refractivity contribution in [1.29, 1.82) is 0 Å². The Morgan fingerprint density at radius 1 is 0.213 bits per heavy atom. The van der Waals surface area contributed by atoms with E-state index in [-0.39, 0.29) is 28.4 Å². The molecule has 0 saturated heterocycles. The Hall–Kier alpha value is -15.8. The molecule has 4 aliphatic carbocycles. The van der Waals surface area contributed by atoms with E-state index in [0.717, 1.165) is 101 Å². The fourth-order valence-corrected chi connectivity index (χ4v) is 26.1. The van der Waals surface area contributed by atoms with E-state index in [1.54, 1.807) is 0 Å². The van der Waals surface area contributed by atoms with Gasteiger partial charge in [0.2, 0.25) is 0 Å². The molecule has 4 aliphatic heterocycles. The third-order valence-corrected chi connectivity index (χ3v) is 32.4. The molecule has 5 heterocycles. The molecule has 0 atom stereocenters. The van der Waals surface area contributed by atoms with E-state index in [4.69, 9.17) is 4.42 Å². The van der Waals surface area contributed by atoms with Crippen molar-refractivity contribution in [1.82, 2.24) is 0 Å². The summed E-state index contributed by atoms with van der Waals surface area (Å²) in [5.41, 5.74) is 51.7. The summed E-state index contributed by atoms with van der Waals surface area (Å²) >= 11 is 0. The fourth-order valence-electron chi connectivity index (χ4n) is 26.1. The molecule has 0 radical (unpaired) electrons. The molecule has 19 aromatic carbocycles. The topological polar surface area (TPSA) is 26.1 Å². The highest BCUT2D eigenvalue weighted by molar-refractivity contribution is 7.00. The average molecular weight is 1740 g/mol. The lowest BCUT2D eigenvalue weighted by Crippen LogP contribution is -2.61. The summed E-state index contributed by atoms with van der Waals surface area (Å²) in [4.78, 5) is 10.6. The fraction of sp³-hybridized carbons (Fsp3) is 0.123. The highest BCUT2D eigenvalue weighted by atomic mass is 16.3. The number of benzene rings is 19. The van der Waals surface area contributed by atoms with E-state index in [1.165, 1.54) is 162 Å². The molecule has 6 heteroatoms. The van der Waals surface area contributed by atoms with Crippen LogP contribution in [0.25, 0.3) is 99.8 Å². The molecule has 20 aromatic rings. The lowest BCUT2D eigenvalue weighted by molar-refractivity contribution is 0.590. The molecule has 136 heavy (non-hydrogen) atoms. The van der Waals surface area contributed by atoms with Gasteiger partial charge < -0.3 is 24.0 Å². The summed E-state index contributed by atoms with van der Waals surface area (Å²) in [5, 5.41) is 2.15. The van der Waals surface area contributed by atoms with E-state index in [1.807, 2.05) is 0 Å². The van der Waals surface area contributed by atoms with Gasteiger partial charge in [0.1, 0.15) is 11.2 Å². The summed E-state index contributed by atoms with van der Waals surface area (Å²) in [5.74, 6) is 0. The van der Waals surface area contributed by atoms with Crippen LogP contribution >= 0.6 is 0 Å². The van der Waals surface area contributed by atoms with Gasteiger partial charge in [0.25, 0.3) is 6.71 Å². The number of hydrogen-bond acceptors (Lipinski definition) is 5. The number of rotatable bonds is 7. The lowest BCUT2D eigenvalue weighted by atomic mass is 9.33. The second-order valence-electron chi connectivity index (χ2n) is 42.1. The summed E-state index contributed by atoms with van der Waals surface area (Å²) < 4.78 is 6.83. The highest BCUT2D eigenvalue weighted by Crippen LogP contribution is 2.67. The minimum atomic E-state index is -0.531. The monoisotopic (exact) mass is 1740 g/mol. The van der Waals surface area contributed by atoms with Crippen molar-refractivity contribution in [2.75, 3.05) is 19.6 Å². The van der Waals surface area contributed by atoms with Gasteiger partial charge in [-0.05, 0) is 287 Å². The first-order chi connectivity index (χ1) is 66.2. The van der Waals surface area contributed by atoms with Crippen molar-refractivity contribution >= 4 is 113 Å². The van der Waals surface area contributed by atoms with Gasteiger partial charge in [-0.3, -0.25) is 0 Å². The average Bonchev–Trinajstić information content (AvgIpc) is 1.65. The molecule has 2 spiro atoms. The molecular formula is C130H97BN4O. The van der Waals surface area contributed by atoms with E-state index in [2.05, 4.69) is 495 Å². The molecule has 8 aliphatic rings. The number of para-hydroxylation sites is 5. The van der Waals surface area contributed by atoms with Crippen LogP contribution in [0, 0.1) is 0 Å². The van der Waals surface area contributed by atoms with Crippen molar-refractivity contribution < 1.29 is 4.42 Å². The standard InChI is InChI=1S/C130H97BN4O/c1-125(2,3)82-58-66-112(93(74-82)79-55-62-104-95(70-79)90-37-15-22-44-102(90)129(104)98-40-18-11-33-86(98)87-34-12-19-41-99(87)129)134-118-76-84(132-114-50-28-24-46-106(114)127(7,8)107-47-25-29-51-115(107)132)60-64-110(118)131-111-65-61-85(133-116-52-30-26-48-108(116)128(9,10)109-49-27-31-53-117(109)133)77-119(111)135(121-73-81(72-120(134)124(121)131)78-57-68-123-97(69-78)92-39-17-32-54-122(92)136-123)113-67-59-83(126(4,5)6)75-94(113)80-56-63-105-96(71-80)91-38-16-23-45-103(91)130(105)100-42-20-13-35-88(100)89-36-14-21-43-101(89)130/h11-77H,1-10H3. The molecule has 0 saturated carbocycles. The molecule has 5 nitrogen and oxygen atoms in total. The van der Waals surface area contributed by atoms with Gasteiger partial charge >= 0.3 is 0 Å². The second kappa shape index (κ2) is 27.9. The van der Waals surface area contributed by atoms with Crippen LogP contribution in [0.1, 0.15) is 147 Å². The summed E-state index contributed by atoms with van der Waals surface area (Å²) in [7, 11) is 0. The number of fused-ring (bicyclic) bond motifs is 31. The molecule has 1 aromatic heterocycles. The maximum atomic E-state index is 6.83. The van der Waals surface area contributed by atoms with Gasteiger partial charge in [0, 0.05) is 66.9 Å². The van der Waals surface area contributed by atoms with Crippen molar-refractivity contribution in [3.8, 4) is 77.9 Å². The first-order valence-electron chi connectivity index (χ1n) is 48.4. The molecular weight excluding hydrogens is 1640 g/mol. The zero-order valence-corrected chi connectivity index (χ0v) is 78.0. The summed E-state index contributed by atoms with van der Waals surface area (Å²) in [6.45, 7) is 23.5. The van der Waals surface area contributed by atoms with Crippen LogP contribution in [0.15, 0.2) is 411 Å². The molecule has 28 rings (SSSR count). The first-order valence-corrected chi connectivity index (χ1v) is 48.4. The van der Waals surface area contributed by atoms with Crippen molar-refractivity contribution in [3.63, 3.8) is 0 Å². The van der Waals surface area contributed by atoms with E-state index < -0.39 is 10.8 Å². The zero-order valence-electron chi connectivity index (χ0n) is 78.0. The number of nitrogens with zero attached hydrogens (tertiary/aromatic N) is 4. The van der Waals surface area contributed by atoms with Crippen LogP contribution in [0.3, 0.4) is 0 Å². The summed E-state index contributed by atoms with van der Waals surface area (Å²) in [6, 6.07) is 158. The Labute approximate surface area is 795 Å². The number of furan rings is 1.